The lowest BCUT2D eigenvalue weighted by atomic mass is 9.69. The third kappa shape index (κ3) is 4.61. The Kier molecular flexibility index (Phi) is 7.01. The fourth-order valence-corrected chi connectivity index (χ4v) is 12.5. The molecule has 4 aliphatic rings. The summed E-state index contributed by atoms with van der Waals surface area (Å²) < 4.78 is 13.5. The van der Waals surface area contributed by atoms with Crippen molar-refractivity contribution in [1.29, 1.82) is 0 Å². The van der Waals surface area contributed by atoms with Crippen LogP contribution in [0.2, 0.25) is 0 Å². The van der Waals surface area contributed by atoms with Crippen molar-refractivity contribution < 1.29 is 8.83 Å². The largest absolute Gasteiger partial charge is 0.456 e. The number of para-hydroxylation sites is 1. The minimum atomic E-state index is -0.636. The van der Waals surface area contributed by atoms with E-state index in [1.54, 1.807) is 0 Å². The molecule has 2 unspecified atom stereocenters. The van der Waals surface area contributed by atoms with Gasteiger partial charge in [-0.3, -0.25) is 0 Å². The van der Waals surface area contributed by atoms with Crippen molar-refractivity contribution in [3.63, 3.8) is 0 Å². The molecule has 4 aliphatic carbocycles. The van der Waals surface area contributed by atoms with Crippen LogP contribution in [0.3, 0.4) is 0 Å². The maximum Gasteiger partial charge on any atom is 0.164 e. The Labute approximate surface area is 380 Å². The molecule has 0 N–H and O–H groups in total. The molecule has 0 bridgehead atoms. The number of benzene rings is 8. The number of rotatable bonds is 3. The summed E-state index contributed by atoms with van der Waals surface area (Å²) in [5.41, 5.74) is 18.2. The van der Waals surface area contributed by atoms with Gasteiger partial charge < -0.3 is 8.83 Å². The molecule has 1 spiro atoms. The second-order valence-corrected chi connectivity index (χ2v) is 19.0. The highest BCUT2D eigenvalue weighted by atomic mass is 16.3. The molecule has 0 radical (unpaired) electrons. The Hall–Kier alpha value is -8.15. The number of hydrogen-bond acceptors (Lipinski definition) is 5. The van der Waals surface area contributed by atoms with Crippen molar-refractivity contribution in [3.8, 4) is 56.4 Å². The molecule has 3 heterocycles. The maximum atomic E-state index is 6.87. The Balaban J connectivity index is 0.987. The normalized spacial score (nSPS) is 17.7. The standard InChI is InChI=1S/C61H39N3O2/c1-60(2)46-20-10-6-16-37(46)40-26-24-36(31-49(40)60)59-63-57(34-14-4-3-5-15-34)62-58(64-59)35-25-28-52-45(30-35)55-53(65-52)29-27-42-43-32-44-41-19-9-13-23-51(41)66-54(44)33-50(43)61(56(42)55)47-21-11-7-17-38(47)39-18-8-12-22-48(39)61/h3-33,37,46H,1-2H3. The van der Waals surface area contributed by atoms with Crippen LogP contribution in [0.1, 0.15) is 53.1 Å². The van der Waals surface area contributed by atoms with E-state index in [0.29, 0.717) is 29.3 Å². The van der Waals surface area contributed by atoms with Gasteiger partial charge in [0.25, 0.3) is 0 Å². The van der Waals surface area contributed by atoms with Gasteiger partial charge in [0.05, 0.1) is 5.41 Å². The van der Waals surface area contributed by atoms with Crippen molar-refractivity contribution in [2.75, 3.05) is 0 Å². The summed E-state index contributed by atoms with van der Waals surface area (Å²) in [6.45, 7) is 4.73. The van der Waals surface area contributed by atoms with Crippen LogP contribution in [0, 0.1) is 5.92 Å². The fourth-order valence-electron chi connectivity index (χ4n) is 12.5. The minimum Gasteiger partial charge on any atom is -0.456 e. The number of furan rings is 2. The van der Waals surface area contributed by atoms with E-state index in [0.717, 1.165) is 60.6 Å². The summed E-state index contributed by atoms with van der Waals surface area (Å²) in [5.74, 6) is 2.68. The predicted molar refractivity (Wildman–Crippen MR) is 265 cm³/mol. The monoisotopic (exact) mass is 845 g/mol. The number of nitrogens with zero attached hydrogens (tertiary/aromatic N) is 3. The molecule has 0 fully saturated rings. The SMILES string of the molecule is CC1(C)c2cc(-c3nc(-c4ccccc4)nc(-c4ccc5oc6ccc7c(c6c5c4)C4(c5ccccc5-c5ccccc54)c4cc5oc6ccccc6c5cc4-7)n3)ccc2C2C=CC=CC21. The van der Waals surface area contributed by atoms with Gasteiger partial charge >= 0.3 is 0 Å². The van der Waals surface area contributed by atoms with Gasteiger partial charge in [0, 0.05) is 44.2 Å². The summed E-state index contributed by atoms with van der Waals surface area (Å²) in [4.78, 5) is 15.8. The molecule has 15 rings (SSSR count). The lowest BCUT2D eigenvalue weighted by Crippen LogP contribution is -2.26. The van der Waals surface area contributed by atoms with Gasteiger partial charge in [0.2, 0.25) is 0 Å². The van der Waals surface area contributed by atoms with Crippen LogP contribution in [0.5, 0.6) is 0 Å². The van der Waals surface area contributed by atoms with Crippen molar-refractivity contribution in [1.82, 2.24) is 15.0 Å². The molecule has 11 aromatic rings. The van der Waals surface area contributed by atoms with Crippen LogP contribution in [-0.4, -0.2) is 15.0 Å². The third-order valence-electron chi connectivity index (χ3n) is 15.4. The first-order valence-corrected chi connectivity index (χ1v) is 22.9. The summed E-state index contributed by atoms with van der Waals surface area (Å²) >= 11 is 0. The van der Waals surface area contributed by atoms with Crippen LogP contribution in [0.15, 0.2) is 197 Å². The molecule has 0 saturated carbocycles. The molecule has 66 heavy (non-hydrogen) atoms. The molecular weight excluding hydrogens is 807 g/mol. The van der Waals surface area contributed by atoms with Crippen LogP contribution >= 0.6 is 0 Å². The first kappa shape index (κ1) is 36.2. The summed E-state index contributed by atoms with van der Waals surface area (Å²) in [7, 11) is 0. The average molecular weight is 846 g/mol. The van der Waals surface area contributed by atoms with Crippen LogP contribution in [-0.2, 0) is 10.8 Å². The second-order valence-electron chi connectivity index (χ2n) is 19.0. The van der Waals surface area contributed by atoms with Crippen molar-refractivity contribution in [2.45, 2.75) is 30.6 Å². The fraction of sp³-hybridized carbons (Fsp3) is 0.0984. The minimum absolute atomic E-state index is 0.0436. The average Bonchev–Trinajstić information content (AvgIpc) is 4.14. The highest BCUT2D eigenvalue weighted by Gasteiger charge is 2.53. The van der Waals surface area contributed by atoms with E-state index in [2.05, 4.69) is 178 Å². The quantitative estimate of drug-likeness (QED) is 0.177. The van der Waals surface area contributed by atoms with Crippen LogP contribution in [0.25, 0.3) is 100 Å². The van der Waals surface area contributed by atoms with Gasteiger partial charge in [-0.2, -0.15) is 0 Å². The van der Waals surface area contributed by atoms with E-state index in [9.17, 15) is 0 Å². The van der Waals surface area contributed by atoms with Gasteiger partial charge in [-0.1, -0.05) is 153 Å². The first-order valence-electron chi connectivity index (χ1n) is 22.9. The maximum absolute atomic E-state index is 6.87. The predicted octanol–water partition coefficient (Wildman–Crippen LogP) is 15.1. The second kappa shape index (κ2) is 12.8. The number of allylic oxidation sites excluding steroid dienone is 4. The molecule has 310 valence electrons. The molecule has 5 heteroatoms. The molecule has 3 aromatic heterocycles. The zero-order valence-corrected chi connectivity index (χ0v) is 36.2. The smallest absolute Gasteiger partial charge is 0.164 e. The molecular formula is C61H39N3O2. The molecule has 2 atom stereocenters. The Bertz CT molecular complexity index is 3950. The van der Waals surface area contributed by atoms with Gasteiger partial charge in [-0.25, -0.2) is 15.0 Å². The Morgan fingerprint density at radius 1 is 0.424 bits per heavy atom. The zero-order chi connectivity index (χ0) is 43.5. The van der Waals surface area contributed by atoms with Crippen LogP contribution < -0.4 is 0 Å². The van der Waals surface area contributed by atoms with Crippen molar-refractivity contribution >= 4 is 43.9 Å². The molecule has 8 aromatic carbocycles. The van der Waals surface area contributed by atoms with Crippen molar-refractivity contribution in [3.05, 3.63) is 221 Å². The molecule has 0 amide bonds. The lowest BCUT2D eigenvalue weighted by Gasteiger charge is -2.31. The van der Waals surface area contributed by atoms with Gasteiger partial charge in [0.15, 0.2) is 17.5 Å². The van der Waals surface area contributed by atoms with E-state index < -0.39 is 5.41 Å². The van der Waals surface area contributed by atoms with E-state index in [1.165, 1.54) is 55.6 Å². The van der Waals surface area contributed by atoms with E-state index in [-0.39, 0.29) is 5.41 Å². The molecule has 0 aliphatic heterocycles. The highest BCUT2D eigenvalue weighted by molar-refractivity contribution is 6.16. The lowest BCUT2D eigenvalue weighted by molar-refractivity contribution is 0.394. The number of fused-ring (bicyclic) bond motifs is 20. The Morgan fingerprint density at radius 2 is 1.06 bits per heavy atom. The number of aromatic nitrogens is 3. The van der Waals surface area contributed by atoms with E-state index in [4.69, 9.17) is 23.8 Å². The highest BCUT2D eigenvalue weighted by Crippen LogP contribution is 2.65. The van der Waals surface area contributed by atoms with E-state index in [1.807, 2.05) is 24.3 Å². The van der Waals surface area contributed by atoms with Gasteiger partial charge in [-0.15, -0.1) is 0 Å². The first-order chi connectivity index (χ1) is 32.4. The topological polar surface area (TPSA) is 65.0 Å². The molecule has 0 saturated heterocycles. The molecule has 5 nitrogen and oxygen atoms in total. The van der Waals surface area contributed by atoms with E-state index >= 15 is 0 Å². The summed E-state index contributed by atoms with van der Waals surface area (Å²) in [6, 6.07) is 58.9. The van der Waals surface area contributed by atoms with Gasteiger partial charge in [-0.05, 0) is 115 Å². The third-order valence-corrected chi connectivity index (χ3v) is 15.4. The van der Waals surface area contributed by atoms with Crippen molar-refractivity contribution in [2.24, 2.45) is 5.92 Å². The van der Waals surface area contributed by atoms with Crippen LogP contribution in [0.4, 0.5) is 0 Å². The summed E-state index contributed by atoms with van der Waals surface area (Å²) in [5, 5.41) is 4.35. The zero-order valence-electron chi connectivity index (χ0n) is 36.2. The summed E-state index contributed by atoms with van der Waals surface area (Å²) in [6.07, 6.45) is 9.09. The Morgan fingerprint density at radius 3 is 1.86 bits per heavy atom. The van der Waals surface area contributed by atoms with Gasteiger partial charge in [0.1, 0.15) is 22.3 Å². The number of hydrogen-bond donors (Lipinski definition) is 0.